The molecule has 13 heteroatoms. The van der Waals surface area contributed by atoms with Crippen molar-refractivity contribution in [3.8, 4) is 0 Å². The van der Waals surface area contributed by atoms with Crippen LogP contribution in [0.1, 0.15) is 41.4 Å². The van der Waals surface area contributed by atoms with Gasteiger partial charge in [0, 0.05) is 0 Å². The summed E-state index contributed by atoms with van der Waals surface area (Å²) in [6.45, 7) is 0. The molecule has 3 aromatic rings. The fourth-order valence-corrected chi connectivity index (χ4v) is 2.88. The molecule has 150 valence electrons. The van der Waals surface area contributed by atoms with Gasteiger partial charge in [-0.25, -0.2) is 36.7 Å². The van der Waals surface area contributed by atoms with Crippen LogP contribution in [0.2, 0.25) is 0 Å². The van der Waals surface area contributed by atoms with Gasteiger partial charge in [-0.15, -0.1) is 0 Å². The molecule has 0 radical (unpaired) electrons. The number of aromatic carboxylic acids is 4. The Bertz CT molecular complexity index is 1210. The number of rotatable bonds is 4. The normalized spacial score (nSPS) is 11.2. The lowest BCUT2D eigenvalue weighted by Crippen LogP contribution is -2.15. The van der Waals surface area contributed by atoms with Crippen LogP contribution in [0.3, 0.4) is 0 Å². The van der Waals surface area contributed by atoms with E-state index in [0.717, 1.165) is 0 Å². The third-order valence-corrected chi connectivity index (χ3v) is 3.98. The van der Waals surface area contributed by atoms with Crippen LogP contribution in [-0.2, 0) is 0 Å². The second-order valence-corrected chi connectivity index (χ2v) is 5.49. The van der Waals surface area contributed by atoms with Crippen molar-refractivity contribution in [2.24, 2.45) is 0 Å². The van der Waals surface area contributed by atoms with E-state index in [4.69, 9.17) is 20.4 Å². The molecule has 0 saturated heterocycles. The molecule has 0 fully saturated rings. The standard InChI is InChI=1S/C16H4F4O9/c17-7-1-2-8(18)4(14(23)24)6(16(27)28)10(20)12(2)29-11(1)9(19)5(15(25)26)3(7)13(21)22/h(H,21,22)(H,23,24)(H,25,26)(H,27,28). The summed E-state index contributed by atoms with van der Waals surface area (Å²) < 4.78 is 63.2. The van der Waals surface area contributed by atoms with Crippen molar-refractivity contribution in [3.05, 3.63) is 45.5 Å². The summed E-state index contributed by atoms with van der Waals surface area (Å²) in [4.78, 5) is 44.8. The molecule has 0 saturated carbocycles. The van der Waals surface area contributed by atoms with Gasteiger partial charge in [0.1, 0.15) is 22.3 Å². The highest BCUT2D eigenvalue weighted by Gasteiger charge is 2.37. The fraction of sp³-hybridized carbons (Fsp3) is 0. The Labute approximate surface area is 154 Å². The number of halogens is 4. The Balaban J connectivity index is 2.76. The van der Waals surface area contributed by atoms with E-state index in [2.05, 4.69) is 4.42 Å². The Morgan fingerprint density at radius 1 is 0.517 bits per heavy atom. The van der Waals surface area contributed by atoms with Crippen molar-refractivity contribution < 1.29 is 61.6 Å². The zero-order chi connectivity index (χ0) is 21.9. The molecule has 0 unspecified atom stereocenters. The first-order valence-electron chi connectivity index (χ1n) is 7.13. The zero-order valence-corrected chi connectivity index (χ0v) is 13.3. The van der Waals surface area contributed by atoms with Gasteiger partial charge in [-0.2, -0.15) is 0 Å². The van der Waals surface area contributed by atoms with Crippen LogP contribution in [0, 0.1) is 23.3 Å². The quantitative estimate of drug-likeness (QED) is 0.468. The van der Waals surface area contributed by atoms with Crippen molar-refractivity contribution in [2.75, 3.05) is 0 Å². The lowest BCUT2D eigenvalue weighted by Gasteiger charge is -2.07. The van der Waals surface area contributed by atoms with E-state index in [9.17, 15) is 36.7 Å². The van der Waals surface area contributed by atoms with E-state index < -0.39 is 91.3 Å². The predicted octanol–water partition coefficient (Wildman–Crippen LogP) is 2.94. The van der Waals surface area contributed by atoms with Crippen molar-refractivity contribution in [1.29, 1.82) is 0 Å². The minimum Gasteiger partial charge on any atom is -0.478 e. The maximum Gasteiger partial charge on any atom is 0.339 e. The Morgan fingerprint density at radius 3 is 1.00 bits per heavy atom. The number of hydrogen-bond donors (Lipinski definition) is 4. The molecule has 0 aliphatic carbocycles. The lowest BCUT2D eigenvalue weighted by molar-refractivity contribution is 0.0643. The average Bonchev–Trinajstić information content (AvgIpc) is 3.01. The molecular weight excluding hydrogens is 412 g/mol. The van der Waals surface area contributed by atoms with Crippen LogP contribution in [0.4, 0.5) is 17.6 Å². The predicted molar refractivity (Wildman–Crippen MR) is 81.4 cm³/mol. The van der Waals surface area contributed by atoms with Gasteiger partial charge in [0.2, 0.25) is 0 Å². The smallest absolute Gasteiger partial charge is 0.339 e. The van der Waals surface area contributed by atoms with Gasteiger partial charge in [-0.3, -0.25) is 0 Å². The van der Waals surface area contributed by atoms with Crippen LogP contribution < -0.4 is 0 Å². The van der Waals surface area contributed by atoms with E-state index in [0.29, 0.717) is 0 Å². The van der Waals surface area contributed by atoms with E-state index >= 15 is 0 Å². The summed E-state index contributed by atoms with van der Waals surface area (Å²) in [6, 6.07) is 0. The molecule has 0 aliphatic heterocycles. The number of carbonyl (C=O) groups is 4. The van der Waals surface area contributed by atoms with Gasteiger partial charge in [-0.05, 0) is 0 Å². The number of benzene rings is 2. The molecule has 0 amide bonds. The summed E-state index contributed by atoms with van der Waals surface area (Å²) in [7, 11) is 0. The molecule has 1 aromatic heterocycles. The van der Waals surface area contributed by atoms with Gasteiger partial charge in [0.15, 0.2) is 34.4 Å². The fourth-order valence-electron chi connectivity index (χ4n) is 2.88. The largest absolute Gasteiger partial charge is 0.478 e. The minimum absolute atomic E-state index is 1.41. The van der Waals surface area contributed by atoms with Crippen LogP contribution in [0.25, 0.3) is 21.9 Å². The second-order valence-electron chi connectivity index (χ2n) is 5.49. The van der Waals surface area contributed by atoms with Crippen LogP contribution in [-0.4, -0.2) is 44.3 Å². The Hall–Kier alpha value is -4.16. The molecule has 2 aromatic carbocycles. The molecule has 0 spiro atoms. The first kappa shape index (κ1) is 19.6. The molecule has 1 heterocycles. The number of carboxylic acid groups (broad SMARTS) is 4. The molecular formula is C16H4F4O9. The monoisotopic (exact) mass is 416 g/mol. The molecule has 0 aliphatic rings. The van der Waals surface area contributed by atoms with Crippen LogP contribution >= 0.6 is 0 Å². The highest BCUT2D eigenvalue weighted by Crippen LogP contribution is 2.41. The molecule has 4 N–H and O–H groups in total. The van der Waals surface area contributed by atoms with Crippen molar-refractivity contribution in [1.82, 2.24) is 0 Å². The van der Waals surface area contributed by atoms with Crippen LogP contribution in [0.5, 0.6) is 0 Å². The first-order valence-corrected chi connectivity index (χ1v) is 7.13. The molecule has 0 atom stereocenters. The van der Waals surface area contributed by atoms with Gasteiger partial charge in [0.25, 0.3) is 0 Å². The zero-order valence-electron chi connectivity index (χ0n) is 13.3. The number of furan rings is 1. The topological polar surface area (TPSA) is 162 Å². The summed E-state index contributed by atoms with van der Waals surface area (Å²) >= 11 is 0. The summed E-state index contributed by atoms with van der Waals surface area (Å²) in [5.74, 6) is -17.2. The second kappa shape index (κ2) is 6.19. The van der Waals surface area contributed by atoms with Gasteiger partial charge in [0.05, 0.1) is 10.8 Å². The van der Waals surface area contributed by atoms with E-state index in [1.165, 1.54) is 0 Å². The summed E-state index contributed by atoms with van der Waals surface area (Å²) in [5.41, 5.74) is -9.86. The molecule has 3 rings (SSSR count). The third-order valence-electron chi connectivity index (χ3n) is 3.98. The van der Waals surface area contributed by atoms with Gasteiger partial charge >= 0.3 is 23.9 Å². The van der Waals surface area contributed by atoms with Gasteiger partial charge < -0.3 is 24.8 Å². The minimum atomic E-state index is -2.28. The van der Waals surface area contributed by atoms with E-state index in [-0.39, 0.29) is 0 Å². The third kappa shape index (κ3) is 2.47. The molecule has 0 bridgehead atoms. The van der Waals surface area contributed by atoms with Crippen LogP contribution in [0.15, 0.2) is 4.42 Å². The van der Waals surface area contributed by atoms with Crippen molar-refractivity contribution >= 4 is 45.8 Å². The lowest BCUT2D eigenvalue weighted by atomic mass is 9.98. The highest BCUT2D eigenvalue weighted by atomic mass is 19.1. The molecule has 9 nitrogen and oxygen atoms in total. The summed E-state index contributed by atoms with van der Waals surface area (Å²) in [5, 5.41) is 33.2. The highest BCUT2D eigenvalue weighted by molar-refractivity contribution is 6.16. The maximum absolute atomic E-state index is 14.8. The number of hydrogen-bond acceptors (Lipinski definition) is 5. The maximum atomic E-state index is 14.8. The average molecular weight is 416 g/mol. The number of carboxylic acids is 4. The Kier molecular flexibility index (Phi) is 4.18. The van der Waals surface area contributed by atoms with Crippen molar-refractivity contribution in [2.45, 2.75) is 0 Å². The SMILES string of the molecule is O=C(O)c1c(C(=O)O)c(F)c2c(oc3c(F)c(C(=O)O)c(C(=O)O)c(F)c32)c1F. The first-order chi connectivity index (χ1) is 13.4. The molecule has 29 heavy (non-hydrogen) atoms. The van der Waals surface area contributed by atoms with Crippen molar-refractivity contribution in [3.63, 3.8) is 0 Å². The van der Waals surface area contributed by atoms with E-state index in [1.54, 1.807) is 0 Å². The van der Waals surface area contributed by atoms with E-state index in [1.807, 2.05) is 0 Å². The Morgan fingerprint density at radius 2 is 0.759 bits per heavy atom. The number of fused-ring (bicyclic) bond motifs is 3. The summed E-state index contributed by atoms with van der Waals surface area (Å²) in [6.07, 6.45) is 0. The van der Waals surface area contributed by atoms with Gasteiger partial charge in [-0.1, -0.05) is 0 Å².